The van der Waals surface area contributed by atoms with Gasteiger partial charge in [0.2, 0.25) is 0 Å². The second kappa shape index (κ2) is 8.22. The van der Waals surface area contributed by atoms with Crippen LogP contribution in [0.1, 0.15) is 36.0 Å². The molecule has 0 bridgehead atoms. The van der Waals surface area contributed by atoms with Crippen molar-refractivity contribution in [3.05, 3.63) is 53.1 Å². The van der Waals surface area contributed by atoms with Gasteiger partial charge in [0.1, 0.15) is 0 Å². The molecule has 3 rings (SSSR count). The normalized spacial score (nSPS) is 14.6. The number of anilines is 2. The highest BCUT2D eigenvalue weighted by molar-refractivity contribution is 7.92. The fourth-order valence-corrected chi connectivity index (χ4v) is 4.75. The maximum Gasteiger partial charge on any atom is 0.321 e. The number of carbonyl (C=O) groups excluding carboxylic acids is 1. The number of amides is 2. The van der Waals surface area contributed by atoms with Crippen LogP contribution in [0, 0.1) is 20.8 Å². The van der Waals surface area contributed by atoms with E-state index in [1.54, 1.807) is 17.0 Å². The molecule has 28 heavy (non-hydrogen) atoms. The first kappa shape index (κ1) is 20.2. The van der Waals surface area contributed by atoms with Crippen molar-refractivity contribution in [1.29, 1.82) is 0 Å². The van der Waals surface area contributed by atoms with Gasteiger partial charge in [0, 0.05) is 18.8 Å². The molecule has 2 aromatic carbocycles. The Balaban J connectivity index is 1.72. The van der Waals surface area contributed by atoms with Crippen molar-refractivity contribution >= 4 is 27.4 Å². The quantitative estimate of drug-likeness (QED) is 0.795. The predicted molar refractivity (Wildman–Crippen MR) is 112 cm³/mol. The first-order valence-corrected chi connectivity index (χ1v) is 11.0. The van der Waals surface area contributed by atoms with Crippen LogP contribution in [0.4, 0.5) is 16.2 Å². The van der Waals surface area contributed by atoms with Crippen molar-refractivity contribution in [3.63, 3.8) is 0 Å². The Kier molecular flexibility index (Phi) is 5.93. The molecule has 1 saturated heterocycles. The molecule has 6 nitrogen and oxygen atoms in total. The highest BCUT2D eigenvalue weighted by Gasteiger charge is 2.19. The Morgan fingerprint density at radius 1 is 0.929 bits per heavy atom. The topological polar surface area (TPSA) is 78.5 Å². The van der Waals surface area contributed by atoms with Gasteiger partial charge in [0.25, 0.3) is 10.0 Å². The maximum atomic E-state index is 12.8. The van der Waals surface area contributed by atoms with Crippen LogP contribution in [-0.2, 0) is 10.0 Å². The smallest absolute Gasteiger partial charge is 0.321 e. The van der Waals surface area contributed by atoms with Gasteiger partial charge in [-0.2, -0.15) is 0 Å². The number of nitrogens with one attached hydrogen (secondary N) is 2. The summed E-state index contributed by atoms with van der Waals surface area (Å²) in [5, 5.41) is 2.84. The van der Waals surface area contributed by atoms with E-state index in [1.807, 2.05) is 32.9 Å². The lowest BCUT2D eigenvalue weighted by Gasteiger charge is -2.26. The van der Waals surface area contributed by atoms with E-state index < -0.39 is 10.0 Å². The predicted octanol–water partition coefficient (Wildman–Crippen LogP) is 4.43. The van der Waals surface area contributed by atoms with Crippen LogP contribution in [0.3, 0.4) is 0 Å². The maximum absolute atomic E-state index is 12.8. The molecular weight excluding hydrogens is 374 g/mol. The summed E-state index contributed by atoms with van der Waals surface area (Å²) in [7, 11) is -3.71. The number of benzene rings is 2. The first-order valence-electron chi connectivity index (χ1n) is 9.53. The van der Waals surface area contributed by atoms with Gasteiger partial charge in [-0.25, -0.2) is 13.2 Å². The number of rotatable bonds is 4. The van der Waals surface area contributed by atoms with Crippen LogP contribution in [0.5, 0.6) is 0 Å². The Bertz CT molecular complexity index is 940. The second-order valence-corrected chi connectivity index (χ2v) is 9.06. The zero-order valence-electron chi connectivity index (χ0n) is 16.6. The molecule has 1 heterocycles. The molecule has 1 aliphatic rings. The molecule has 150 valence electrons. The summed E-state index contributed by atoms with van der Waals surface area (Å²) in [4.78, 5) is 14.2. The minimum Gasteiger partial charge on any atom is -0.325 e. The summed E-state index contributed by atoms with van der Waals surface area (Å²) in [6, 6.07) is 10.0. The number of piperidine rings is 1. The Morgan fingerprint density at radius 2 is 1.50 bits per heavy atom. The molecule has 1 fully saturated rings. The summed E-state index contributed by atoms with van der Waals surface area (Å²) < 4.78 is 28.2. The number of likely N-dealkylation sites (tertiary alicyclic amines) is 1. The molecule has 0 atom stereocenters. The zero-order chi connectivity index (χ0) is 20.3. The molecule has 0 aromatic heterocycles. The zero-order valence-corrected chi connectivity index (χ0v) is 17.4. The molecule has 1 aliphatic heterocycles. The van der Waals surface area contributed by atoms with Gasteiger partial charge in [-0.1, -0.05) is 17.7 Å². The summed E-state index contributed by atoms with van der Waals surface area (Å²) in [6.07, 6.45) is 3.20. The third-order valence-corrected chi connectivity index (χ3v) is 6.34. The Labute approximate surface area is 167 Å². The highest BCUT2D eigenvalue weighted by Crippen LogP contribution is 2.25. The van der Waals surface area contributed by atoms with E-state index >= 15 is 0 Å². The number of urea groups is 1. The van der Waals surface area contributed by atoms with E-state index in [2.05, 4.69) is 10.0 Å². The van der Waals surface area contributed by atoms with Crippen molar-refractivity contribution in [3.8, 4) is 0 Å². The summed E-state index contributed by atoms with van der Waals surface area (Å²) in [5.41, 5.74) is 4.04. The lowest BCUT2D eigenvalue weighted by atomic mass is 10.1. The summed E-state index contributed by atoms with van der Waals surface area (Å²) in [6.45, 7) is 7.28. The lowest BCUT2D eigenvalue weighted by Crippen LogP contribution is -2.38. The van der Waals surface area contributed by atoms with Crippen LogP contribution >= 0.6 is 0 Å². The van der Waals surface area contributed by atoms with Crippen LogP contribution in [0.2, 0.25) is 0 Å². The van der Waals surface area contributed by atoms with Crippen molar-refractivity contribution in [2.24, 2.45) is 0 Å². The molecule has 2 aromatic rings. The lowest BCUT2D eigenvalue weighted by molar-refractivity contribution is 0.200. The van der Waals surface area contributed by atoms with E-state index in [4.69, 9.17) is 0 Å². The summed E-state index contributed by atoms with van der Waals surface area (Å²) in [5.74, 6) is 0. The molecule has 7 heteroatoms. The molecular formula is C21H27N3O3S. The minimum atomic E-state index is -3.71. The van der Waals surface area contributed by atoms with Gasteiger partial charge in [-0.15, -0.1) is 0 Å². The highest BCUT2D eigenvalue weighted by atomic mass is 32.2. The third kappa shape index (κ3) is 4.65. The van der Waals surface area contributed by atoms with Gasteiger partial charge in [0.15, 0.2) is 0 Å². The Morgan fingerprint density at radius 3 is 2.07 bits per heavy atom. The molecule has 2 amide bonds. The van der Waals surface area contributed by atoms with Crippen LogP contribution < -0.4 is 10.0 Å². The number of sulfonamides is 1. The summed E-state index contributed by atoms with van der Waals surface area (Å²) >= 11 is 0. The monoisotopic (exact) mass is 401 g/mol. The van der Waals surface area contributed by atoms with Gasteiger partial charge in [-0.05, 0) is 75.4 Å². The van der Waals surface area contributed by atoms with Crippen LogP contribution in [0.25, 0.3) is 0 Å². The molecule has 2 N–H and O–H groups in total. The van der Waals surface area contributed by atoms with Crippen molar-refractivity contribution in [1.82, 2.24) is 4.90 Å². The van der Waals surface area contributed by atoms with E-state index in [0.29, 0.717) is 11.4 Å². The molecule has 0 aliphatic carbocycles. The number of carbonyl (C=O) groups is 1. The van der Waals surface area contributed by atoms with Gasteiger partial charge in [0.05, 0.1) is 10.6 Å². The molecule has 0 unspecified atom stereocenters. The number of nitrogens with zero attached hydrogens (tertiary/aromatic N) is 1. The number of aryl methyl sites for hydroxylation is 3. The largest absolute Gasteiger partial charge is 0.325 e. The number of hydrogen-bond donors (Lipinski definition) is 2. The van der Waals surface area contributed by atoms with E-state index in [1.165, 1.54) is 12.1 Å². The first-order chi connectivity index (χ1) is 13.3. The van der Waals surface area contributed by atoms with Crippen molar-refractivity contribution in [2.75, 3.05) is 23.1 Å². The third-order valence-electron chi connectivity index (χ3n) is 4.97. The fourth-order valence-electron chi connectivity index (χ4n) is 3.55. The van der Waals surface area contributed by atoms with Crippen LogP contribution in [-0.4, -0.2) is 32.4 Å². The molecule has 0 radical (unpaired) electrons. The number of hydrogen-bond acceptors (Lipinski definition) is 3. The van der Waals surface area contributed by atoms with Gasteiger partial charge >= 0.3 is 6.03 Å². The molecule has 0 spiro atoms. The van der Waals surface area contributed by atoms with Crippen molar-refractivity contribution < 1.29 is 13.2 Å². The molecule has 0 saturated carbocycles. The van der Waals surface area contributed by atoms with E-state index in [-0.39, 0.29) is 10.9 Å². The van der Waals surface area contributed by atoms with Gasteiger partial charge < -0.3 is 10.2 Å². The van der Waals surface area contributed by atoms with Gasteiger partial charge in [-0.3, -0.25) is 4.72 Å². The SMILES string of the molecule is Cc1cc(C)c(NS(=O)(=O)c2ccc(NC(=O)N3CCCCC3)cc2)c(C)c1. The van der Waals surface area contributed by atoms with E-state index in [9.17, 15) is 13.2 Å². The van der Waals surface area contributed by atoms with Crippen molar-refractivity contribution in [2.45, 2.75) is 44.9 Å². The standard InChI is InChI=1S/C21H27N3O3S/c1-15-13-16(2)20(17(3)14-15)23-28(26,27)19-9-7-18(8-10-19)22-21(25)24-11-5-4-6-12-24/h7-10,13-14,23H,4-6,11-12H2,1-3H3,(H,22,25). The van der Waals surface area contributed by atoms with E-state index in [0.717, 1.165) is 49.0 Å². The second-order valence-electron chi connectivity index (χ2n) is 7.38. The minimum absolute atomic E-state index is 0.140. The van der Waals surface area contributed by atoms with Crippen LogP contribution in [0.15, 0.2) is 41.3 Å². The average Bonchev–Trinajstić information content (AvgIpc) is 2.66. The Hall–Kier alpha value is -2.54. The average molecular weight is 402 g/mol. The fraction of sp³-hybridized carbons (Fsp3) is 0.381.